The molecule has 2 nitrogen and oxygen atoms in total. The second kappa shape index (κ2) is 12.0. The van der Waals surface area contributed by atoms with Crippen LogP contribution in [0.2, 0.25) is 0 Å². The molecule has 2 atom stereocenters. The van der Waals surface area contributed by atoms with Gasteiger partial charge in [-0.25, -0.2) is 0 Å². The summed E-state index contributed by atoms with van der Waals surface area (Å²) >= 11 is 0. The minimum absolute atomic E-state index is 0.150. The largest absolute Gasteiger partial charge is 0.334 e. The van der Waals surface area contributed by atoms with Crippen molar-refractivity contribution in [3.63, 3.8) is 0 Å². The van der Waals surface area contributed by atoms with Crippen LogP contribution in [0.1, 0.15) is 24.0 Å². The van der Waals surface area contributed by atoms with E-state index < -0.39 is 0 Å². The Morgan fingerprint density at radius 1 is 0.373 bits per heavy atom. The summed E-state index contributed by atoms with van der Waals surface area (Å²) in [5.41, 5.74) is 15.9. The van der Waals surface area contributed by atoms with E-state index in [1.54, 1.807) is 0 Å². The minimum atomic E-state index is -0.345. The molecule has 51 heavy (non-hydrogen) atoms. The van der Waals surface area contributed by atoms with Gasteiger partial charge in [-0.15, -0.1) is 0 Å². The van der Waals surface area contributed by atoms with Gasteiger partial charge in [0.05, 0.1) is 17.5 Å². The Bertz CT molecular complexity index is 2120. The van der Waals surface area contributed by atoms with E-state index in [0.29, 0.717) is 0 Å². The van der Waals surface area contributed by atoms with Gasteiger partial charge in [0.2, 0.25) is 0 Å². The third kappa shape index (κ3) is 4.56. The number of allylic oxidation sites excluding steroid dienone is 4. The second-order valence-electron chi connectivity index (χ2n) is 14.0. The van der Waals surface area contributed by atoms with Crippen LogP contribution in [0.4, 0.5) is 22.7 Å². The number of anilines is 4. The highest BCUT2D eigenvalue weighted by Gasteiger charge is 2.55. The van der Waals surface area contributed by atoms with E-state index in [0.717, 1.165) is 12.8 Å². The molecule has 0 radical (unpaired) electrons. The molecule has 10 rings (SSSR count). The van der Waals surface area contributed by atoms with E-state index in [2.05, 4.69) is 204 Å². The van der Waals surface area contributed by atoms with Crippen LogP contribution in [0, 0.1) is 0 Å². The molecule has 2 heteroatoms. The van der Waals surface area contributed by atoms with Crippen LogP contribution in [0.25, 0.3) is 11.1 Å². The van der Waals surface area contributed by atoms with Crippen molar-refractivity contribution < 1.29 is 0 Å². The number of nitrogens with zero attached hydrogens (tertiary/aromatic N) is 2. The van der Waals surface area contributed by atoms with E-state index in [-0.39, 0.29) is 17.5 Å². The molecule has 6 aromatic rings. The predicted molar refractivity (Wildman–Crippen MR) is 212 cm³/mol. The van der Waals surface area contributed by atoms with Gasteiger partial charge in [-0.2, -0.15) is 0 Å². The average Bonchev–Trinajstić information content (AvgIpc) is 3.67. The molecule has 0 fully saturated rings. The minimum Gasteiger partial charge on any atom is -0.334 e. The van der Waals surface area contributed by atoms with Gasteiger partial charge in [0.1, 0.15) is 0 Å². The Hall–Kier alpha value is -6.12. The zero-order chi connectivity index (χ0) is 33.8. The van der Waals surface area contributed by atoms with Gasteiger partial charge in [0.15, 0.2) is 0 Å². The van der Waals surface area contributed by atoms with E-state index in [1.807, 2.05) is 0 Å². The summed E-state index contributed by atoms with van der Waals surface area (Å²) in [6.07, 6.45) is 11.7. The number of benzene rings is 6. The number of hydrogen-bond donors (Lipinski definition) is 0. The van der Waals surface area contributed by atoms with Crippen molar-refractivity contribution in [2.45, 2.75) is 30.3 Å². The highest BCUT2D eigenvalue weighted by molar-refractivity contribution is 5.90. The molecule has 1 spiro atoms. The van der Waals surface area contributed by atoms with Crippen molar-refractivity contribution in [2.24, 2.45) is 0 Å². The summed E-state index contributed by atoms with van der Waals surface area (Å²) in [5.74, 6) is 0. The SMILES string of the molecule is C1=CC(N(c2ccccc2)c2ccccc2)CC2=C1C1=C(CC(N(c3ccccc3)c3ccccc3)C=C1)C21c2ccccc2-c2ccccc21. The molecule has 0 bridgehead atoms. The first kappa shape index (κ1) is 29.8. The lowest BCUT2D eigenvalue weighted by Gasteiger charge is -2.42. The Kier molecular flexibility index (Phi) is 7.02. The molecule has 244 valence electrons. The van der Waals surface area contributed by atoms with Gasteiger partial charge in [0, 0.05) is 22.7 Å². The van der Waals surface area contributed by atoms with Gasteiger partial charge in [0.25, 0.3) is 0 Å². The maximum absolute atomic E-state index is 2.53. The van der Waals surface area contributed by atoms with Gasteiger partial charge in [-0.1, -0.05) is 146 Å². The van der Waals surface area contributed by atoms with E-state index in [1.165, 1.54) is 67.3 Å². The quantitative estimate of drug-likeness (QED) is 0.176. The van der Waals surface area contributed by atoms with Crippen molar-refractivity contribution in [1.29, 1.82) is 0 Å². The molecular formula is C49H38N2. The van der Waals surface area contributed by atoms with Crippen LogP contribution in [0.5, 0.6) is 0 Å². The average molecular weight is 655 g/mol. The molecule has 4 aliphatic carbocycles. The number of para-hydroxylation sites is 4. The van der Waals surface area contributed by atoms with E-state index in [9.17, 15) is 0 Å². The maximum atomic E-state index is 2.53. The standard InChI is InChI=1S/C49H38N2/c1-5-17-35(18-6-1)50(36-19-7-2-8-20-36)39-29-31-43-44-32-30-40(51(37-21-9-3-10-22-37)38-23-11-4-12-24-38)34-48(44)49(47(43)33-39)45-27-15-13-25-41(45)42-26-14-16-28-46(42)49/h1-32,39-40H,33-34H2. The highest BCUT2D eigenvalue weighted by atomic mass is 15.2. The highest BCUT2D eigenvalue weighted by Crippen LogP contribution is 2.65. The summed E-state index contributed by atoms with van der Waals surface area (Å²) in [7, 11) is 0. The first-order valence-electron chi connectivity index (χ1n) is 18.1. The number of hydrogen-bond acceptors (Lipinski definition) is 2. The van der Waals surface area contributed by atoms with Crippen molar-refractivity contribution in [2.75, 3.05) is 9.80 Å². The summed E-state index contributed by atoms with van der Waals surface area (Å²) in [6.45, 7) is 0. The molecule has 0 aromatic heterocycles. The van der Waals surface area contributed by atoms with Crippen molar-refractivity contribution in [3.05, 3.63) is 228 Å². The number of rotatable bonds is 6. The Morgan fingerprint density at radius 2 is 0.686 bits per heavy atom. The summed E-state index contributed by atoms with van der Waals surface area (Å²) in [4.78, 5) is 5.06. The van der Waals surface area contributed by atoms with Crippen LogP contribution in [0.15, 0.2) is 216 Å². The third-order valence-electron chi connectivity index (χ3n) is 11.4. The monoisotopic (exact) mass is 654 g/mol. The lowest BCUT2D eigenvalue weighted by molar-refractivity contribution is 0.607. The molecule has 0 amide bonds. The topological polar surface area (TPSA) is 6.48 Å². The summed E-state index contributed by atoms with van der Waals surface area (Å²) < 4.78 is 0. The van der Waals surface area contributed by atoms with Crippen LogP contribution < -0.4 is 9.80 Å². The van der Waals surface area contributed by atoms with Crippen LogP contribution in [0.3, 0.4) is 0 Å². The zero-order valence-electron chi connectivity index (χ0n) is 28.4. The molecule has 2 unspecified atom stereocenters. The zero-order valence-corrected chi connectivity index (χ0v) is 28.4. The summed E-state index contributed by atoms with van der Waals surface area (Å²) in [6, 6.07) is 62.3. The molecule has 0 heterocycles. The molecule has 4 aliphatic rings. The molecule has 6 aromatic carbocycles. The van der Waals surface area contributed by atoms with Gasteiger partial charge in [-0.3, -0.25) is 0 Å². The fourth-order valence-electron chi connectivity index (χ4n) is 9.45. The lowest BCUT2D eigenvalue weighted by atomic mass is 9.65. The predicted octanol–water partition coefficient (Wildman–Crippen LogP) is 11.9. The first-order valence-corrected chi connectivity index (χ1v) is 18.1. The Balaban J connectivity index is 1.15. The molecule has 0 N–H and O–H groups in total. The normalized spacial score (nSPS) is 19.1. The maximum Gasteiger partial charge on any atom is 0.0653 e. The van der Waals surface area contributed by atoms with Crippen molar-refractivity contribution >= 4 is 22.7 Å². The first-order chi connectivity index (χ1) is 25.3. The van der Waals surface area contributed by atoms with Gasteiger partial charge < -0.3 is 9.80 Å². The number of fused-ring (bicyclic) bond motifs is 8. The third-order valence-corrected chi connectivity index (χ3v) is 11.4. The van der Waals surface area contributed by atoms with Crippen LogP contribution >= 0.6 is 0 Å². The van der Waals surface area contributed by atoms with Gasteiger partial charge >= 0.3 is 0 Å². The molecular weight excluding hydrogens is 617 g/mol. The van der Waals surface area contributed by atoms with Crippen LogP contribution in [-0.2, 0) is 5.41 Å². The van der Waals surface area contributed by atoms with Crippen LogP contribution in [-0.4, -0.2) is 12.1 Å². The fourth-order valence-corrected chi connectivity index (χ4v) is 9.45. The van der Waals surface area contributed by atoms with Gasteiger partial charge in [-0.05, 0) is 106 Å². The Labute approximate surface area is 300 Å². The summed E-state index contributed by atoms with van der Waals surface area (Å²) in [5, 5.41) is 0. The molecule has 0 saturated heterocycles. The molecule has 0 saturated carbocycles. The second-order valence-corrected chi connectivity index (χ2v) is 14.0. The smallest absolute Gasteiger partial charge is 0.0653 e. The Morgan fingerprint density at radius 3 is 1.04 bits per heavy atom. The fraction of sp³-hybridized carbons (Fsp3) is 0.102. The van der Waals surface area contributed by atoms with E-state index >= 15 is 0 Å². The molecule has 0 aliphatic heterocycles. The van der Waals surface area contributed by atoms with E-state index in [4.69, 9.17) is 0 Å². The van der Waals surface area contributed by atoms with Crippen molar-refractivity contribution in [1.82, 2.24) is 0 Å². The lowest BCUT2D eigenvalue weighted by Crippen LogP contribution is -2.38. The van der Waals surface area contributed by atoms with Crippen molar-refractivity contribution in [3.8, 4) is 11.1 Å².